The Hall–Kier alpha value is -2.40. The fourth-order valence-electron chi connectivity index (χ4n) is 2.66. The molecule has 0 aliphatic carbocycles. The number of methoxy groups -OCH3 is 1. The molecule has 0 radical (unpaired) electrons. The molecule has 0 heterocycles. The van der Waals surface area contributed by atoms with Gasteiger partial charge in [-0.05, 0) is 25.5 Å². The Kier molecular flexibility index (Phi) is 5.93. The summed E-state index contributed by atoms with van der Waals surface area (Å²) >= 11 is 0. The van der Waals surface area contributed by atoms with Crippen LogP contribution in [0.5, 0.6) is 5.75 Å². The van der Waals surface area contributed by atoms with Gasteiger partial charge in [0.1, 0.15) is 23.7 Å². The van der Waals surface area contributed by atoms with Crippen molar-refractivity contribution in [2.75, 3.05) is 7.11 Å². The molecule has 0 unspecified atom stereocenters. The Bertz CT molecular complexity index is 688. The smallest absolute Gasteiger partial charge is 0.322 e. The zero-order chi connectivity index (χ0) is 17.7. The molecule has 2 aromatic rings. The highest BCUT2D eigenvalue weighted by Gasteiger charge is 2.28. The van der Waals surface area contributed by atoms with Crippen LogP contribution in [0.1, 0.15) is 30.9 Å². The zero-order valence-corrected chi connectivity index (χ0v) is 14.0. The van der Waals surface area contributed by atoms with Gasteiger partial charge in [-0.1, -0.05) is 36.4 Å². The largest absolute Gasteiger partial charge is 0.496 e. The van der Waals surface area contributed by atoms with Crippen molar-refractivity contribution in [1.29, 1.82) is 0 Å². The van der Waals surface area contributed by atoms with Crippen molar-refractivity contribution in [3.8, 4) is 5.75 Å². The number of nitrogens with two attached hydrogens (primary N) is 1. The summed E-state index contributed by atoms with van der Waals surface area (Å²) in [5.41, 5.74) is 7.27. The number of carbonyl (C=O) groups excluding carboxylic acids is 1. The predicted octanol–water partition coefficient (Wildman–Crippen LogP) is 3.25. The lowest BCUT2D eigenvalue weighted by molar-refractivity contribution is -0.150. The van der Waals surface area contributed by atoms with Crippen LogP contribution in [-0.2, 0) is 9.53 Å². The lowest BCUT2D eigenvalue weighted by atomic mass is 9.86. The molecule has 0 aromatic heterocycles. The summed E-state index contributed by atoms with van der Waals surface area (Å²) in [4.78, 5) is 11.9. The Morgan fingerprint density at radius 1 is 1.12 bits per heavy atom. The maximum Gasteiger partial charge on any atom is 0.322 e. The lowest BCUT2D eigenvalue weighted by Gasteiger charge is -2.27. The molecule has 2 aromatic carbocycles. The molecule has 0 spiro atoms. The monoisotopic (exact) mass is 331 g/mol. The maximum absolute atomic E-state index is 13.5. The van der Waals surface area contributed by atoms with Crippen molar-refractivity contribution in [3.05, 3.63) is 65.5 Å². The first kappa shape index (κ1) is 17.9. The van der Waals surface area contributed by atoms with Crippen molar-refractivity contribution in [2.45, 2.75) is 31.9 Å². The Labute approximate surface area is 141 Å². The average molecular weight is 331 g/mol. The number of benzene rings is 2. The molecular weight excluding hydrogens is 309 g/mol. The van der Waals surface area contributed by atoms with E-state index in [4.69, 9.17) is 15.2 Å². The number of halogens is 1. The summed E-state index contributed by atoms with van der Waals surface area (Å²) in [5.74, 6) is -0.760. The molecule has 128 valence electrons. The average Bonchev–Trinajstić information content (AvgIpc) is 2.57. The van der Waals surface area contributed by atoms with Gasteiger partial charge in [0.05, 0.1) is 7.11 Å². The van der Waals surface area contributed by atoms with Crippen LogP contribution in [0.3, 0.4) is 0 Å². The van der Waals surface area contributed by atoms with Gasteiger partial charge in [-0.15, -0.1) is 0 Å². The normalized spacial score (nSPS) is 14.5. The Morgan fingerprint density at radius 2 is 1.79 bits per heavy atom. The second-order valence-electron chi connectivity index (χ2n) is 5.71. The van der Waals surface area contributed by atoms with E-state index < -0.39 is 18.1 Å². The van der Waals surface area contributed by atoms with E-state index >= 15 is 0 Å². The minimum atomic E-state index is -0.709. The fraction of sp³-hybridized carbons (Fsp3) is 0.316. The summed E-state index contributed by atoms with van der Waals surface area (Å²) in [6.07, 6.45) is -0.495. The summed E-state index contributed by atoms with van der Waals surface area (Å²) in [6, 6.07) is 13.2. The molecule has 0 fully saturated rings. The van der Waals surface area contributed by atoms with E-state index in [9.17, 15) is 9.18 Å². The van der Waals surface area contributed by atoms with Gasteiger partial charge in [0, 0.05) is 17.5 Å². The van der Waals surface area contributed by atoms with E-state index in [1.54, 1.807) is 19.9 Å². The number of esters is 1. The van der Waals surface area contributed by atoms with Crippen LogP contribution in [0.15, 0.2) is 48.5 Å². The third kappa shape index (κ3) is 4.11. The molecule has 3 atom stereocenters. The van der Waals surface area contributed by atoms with Gasteiger partial charge in [-0.3, -0.25) is 4.79 Å². The van der Waals surface area contributed by atoms with Crippen molar-refractivity contribution in [3.63, 3.8) is 0 Å². The first-order valence-corrected chi connectivity index (χ1v) is 7.78. The van der Waals surface area contributed by atoms with E-state index in [1.165, 1.54) is 19.2 Å². The molecule has 0 saturated carbocycles. The molecule has 4 nitrogen and oxygen atoms in total. The van der Waals surface area contributed by atoms with Gasteiger partial charge >= 0.3 is 5.97 Å². The first-order valence-electron chi connectivity index (χ1n) is 7.78. The first-order chi connectivity index (χ1) is 11.4. The van der Waals surface area contributed by atoms with Crippen molar-refractivity contribution in [1.82, 2.24) is 0 Å². The van der Waals surface area contributed by atoms with Crippen LogP contribution in [0.25, 0.3) is 0 Å². The molecule has 2 rings (SSSR count). The topological polar surface area (TPSA) is 61.5 Å². The second-order valence-corrected chi connectivity index (χ2v) is 5.71. The summed E-state index contributed by atoms with van der Waals surface area (Å²) in [7, 11) is 1.49. The van der Waals surface area contributed by atoms with E-state index in [2.05, 4.69) is 0 Å². The van der Waals surface area contributed by atoms with Gasteiger partial charge < -0.3 is 15.2 Å². The number of rotatable bonds is 6. The van der Waals surface area contributed by atoms with E-state index in [1.807, 2.05) is 30.3 Å². The summed E-state index contributed by atoms with van der Waals surface area (Å²) < 4.78 is 24.4. The quantitative estimate of drug-likeness (QED) is 0.826. The third-order valence-corrected chi connectivity index (χ3v) is 3.83. The van der Waals surface area contributed by atoms with Gasteiger partial charge in [0.2, 0.25) is 0 Å². The maximum atomic E-state index is 13.5. The van der Waals surface area contributed by atoms with Crippen LogP contribution in [0, 0.1) is 5.82 Å². The zero-order valence-electron chi connectivity index (χ0n) is 14.0. The molecule has 0 aliphatic rings. The second kappa shape index (κ2) is 7.93. The molecule has 0 saturated heterocycles. The van der Waals surface area contributed by atoms with Crippen molar-refractivity contribution >= 4 is 5.97 Å². The number of carbonyl (C=O) groups is 1. The SMILES string of the molecule is COc1cc(F)ccc1[C@H](c1ccccc1)[C@H](C)OC(=O)[C@H](C)N. The van der Waals surface area contributed by atoms with Gasteiger partial charge in [0.15, 0.2) is 0 Å². The standard InChI is InChI=1S/C19H22FNO3/c1-12(21)19(22)24-13(2)18(14-7-5-4-6-8-14)16-10-9-15(20)11-17(16)23-3/h4-13,18H,21H2,1-3H3/t12-,13-,18-/m0/s1. The molecule has 5 heteroatoms. The van der Waals surface area contributed by atoms with Crippen LogP contribution in [-0.4, -0.2) is 25.2 Å². The summed E-state index contributed by atoms with van der Waals surface area (Å²) in [5, 5.41) is 0. The fourth-order valence-corrected chi connectivity index (χ4v) is 2.66. The van der Waals surface area contributed by atoms with E-state index in [-0.39, 0.29) is 11.7 Å². The number of ether oxygens (including phenoxy) is 2. The van der Waals surface area contributed by atoms with Crippen molar-refractivity contribution in [2.24, 2.45) is 5.73 Å². The van der Waals surface area contributed by atoms with Crippen LogP contribution in [0.2, 0.25) is 0 Å². The van der Waals surface area contributed by atoms with Gasteiger partial charge in [-0.2, -0.15) is 0 Å². The Balaban J connectivity index is 2.46. The van der Waals surface area contributed by atoms with Crippen molar-refractivity contribution < 1.29 is 18.7 Å². The van der Waals surface area contributed by atoms with Gasteiger partial charge in [0.25, 0.3) is 0 Å². The predicted molar refractivity (Wildman–Crippen MR) is 90.4 cm³/mol. The van der Waals surface area contributed by atoms with E-state index in [0.29, 0.717) is 5.75 Å². The highest BCUT2D eigenvalue weighted by atomic mass is 19.1. The van der Waals surface area contributed by atoms with Crippen LogP contribution < -0.4 is 10.5 Å². The van der Waals surface area contributed by atoms with Crippen LogP contribution >= 0.6 is 0 Å². The molecule has 0 amide bonds. The highest BCUT2D eigenvalue weighted by Crippen LogP contribution is 2.36. The van der Waals surface area contributed by atoms with Gasteiger partial charge in [-0.25, -0.2) is 4.39 Å². The number of hydrogen-bond donors (Lipinski definition) is 1. The minimum absolute atomic E-state index is 0.301. The highest BCUT2D eigenvalue weighted by molar-refractivity contribution is 5.75. The molecular formula is C19H22FNO3. The molecule has 24 heavy (non-hydrogen) atoms. The van der Waals surface area contributed by atoms with E-state index in [0.717, 1.165) is 11.1 Å². The lowest BCUT2D eigenvalue weighted by Crippen LogP contribution is -2.33. The minimum Gasteiger partial charge on any atom is -0.496 e. The molecule has 0 bridgehead atoms. The number of hydrogen-bond acceptors (Lipinski definition) is 4. The Morgan fingerprint density at radius 3 is 2.38 bits per heavy atom. The van der Waals surface area contributed by atoms with Crippen LogP contribution in [0.4, 0.5) is 4.39 Å². The molecule has 0 aliphatic heterocycles. The third-order valence-electron chi connectivity index (χ3n) is 3.83. The summed E-state index contributed by atoms with van der Waals surface area (Å²) in [6.45, 7) is 3.37. The molecule has 2 N–H and O–H groups in total.